The highest BCUT2D eigenvalue weighted by molar-refractivity contribution is 7.71. The topological polar surface area (TPSA) is 37.9 Å². The van der Waals surface area contributed by atoms with Gasteiger partial charge in [0.15, 0.2) is 10.5 Å². The molecule has 0 amide bonds. The maximum Gasteiger partial charge on any atom is 0.196 e. The van der Waals surface area contributed by atoms with Gasteiger partial charge in [-0.3, -0.25) is 0 Å². The number of rotatable bonds is 2. The first-order valence-electron chi connectivity index (χ1n) is 3.40. The molecule has 4 heteroatoms. The number of hydrogen-bond donors (Lipinski definition) is 1. The molecule has 60 valence electrons. The van der Waals surface area contributed by atoms with Gasteiger partial charge in [0, 0.05) is 6.20 Å². The lowest BCUT2D eigenvalue weighted by Gasteiger charge is -2.07. The summed E-state index contributed by atoms with van der Waals surface area (Å²) in [6.07, 6.45) is 3.48. The van der Waals surface area contributed by atoms with Crippen LogP contribution in [0.25, 0.3) is 0 Å². The van der Waals surface area contributed by atoms with E-state index in [1.165, 1.54) is 0 Å². The van der Waals surface area contributed by atoms with Crippen LogP contribution in [0.2, 0.25) is 0 Å². The molecule has 0 aliphatic carbocycles. The highest BCUT2D eigenvalue weighted by Crippen LogP contribution is 2.06. The van der Waals surface area contributed by atoms with E-state index < -0.39 is 0 Å². The second kappa shape index (κ2) is 3.48. The van der Waals surface area contributed by atoms with Gasteiger partial charge in [-0.25, -0.2) is 4.98 Å². The number of nitrogens with zero attached hydrogens (tertiary/aromatic N) is 1. The summed E-state index contributed by atoms with van der Waals surface area (Å²) in [5.41, 5.74) is 0. The summed E-state index contributed by atoms with van der Waals surface area (Å²) in [6.45, 7) is 3.92. The number of H-pyrrole nitrogens is 1. The molecule has 0 aromatic carbocycles. The Hall–Kier alpha value is -0.900. The Kier molecular flexibility index (Phi) is 2.59. The van der Waals surface area contributed by atoms with Gasteiger partial charge in [0.05, 0.1) is 12.3 Å². The molecule has 3 nitrogen and oxygen atoms in total. The van der Waals surface area contributed by atoms with E-state index in [4.69, 9.17) is 17.0 Å². The Balaban J connectivity index is 2.74. The first kappa shape index (κ1) is 8.20. The molecule has 11 heavy (non-hydrogen) atoms. The third-order valence-electron chi connectivity index (χ3n) is 1.02. The van der Waals surface area contributed by atoms with E-state index in [1.807, 2.05) is 13.8 Å². The number of hydrogen-bond acceptors (Lipinski definition) is 3. The second-order valence-electron chi connectivity index (χ2n) is 2.42. The normalized spacial score (nSPS) is 10.1. The molecule has 1 N–H and O–H groups in total. The van der Waals surface area contributed by atoms with E-state index >= 15 is 0 Å². The standard InChI is InChI=1S/C7H10N2OS/c1-5(2)10-6-3-8-7(11)9-4-6/h3-5H,1-2H3,(H,8,9,11). The number of aromatic nitrogens is 2. The van der Waals surface area contributed by atoms with Crippen molar-refractivity contribution in [3.05, 3.63) is 17.2 Å². The van der Waals surface area contributed by atoms with Crippen molar-refractivity contribution < 1.29 is 4.74 Å². The van der Waals surface area contributed by atoms with Gasteiger partial charge in [-0.2, -0.15) is 0 Å². The molecule has 1 heterocycles. The molecule has 0 aliphatic rings. The van der Waals surface area contributed by atoms with Gasteiger partial charge in [0.25, 0.3) is 0 Å². The molecular formula is C7H10N2OS. The van der Waals surface area contributed by atoms with Gasteiger partial charge < -0.3 is 9.72 Å². The predicted molar refractivity (Wildman–Crippen MR) is 45.2 cm³/mol. The van der Waals surface area contributed by atoms with E-state index in [-0.39, 0.29) is 6.10 Å². The maximum atomic E-state index is 5.33. The third-order valence-corrected chi connectivity index (χ3v) is 1.24. The summed E-state index contributed by atoms with van der Waals surface area (Å²) < 4.78 is 5.80. The van der Waals surface area contributed by atoms with Crippen molar-refractivity contribution >= 4 is 12.2 Å². The van der Waals surface area contributed by atoms with Crippen LogP contribution in [0.5, 0.6) is 5.75 Å². The van der Waals surface area contributed by atoms with E-state index in [1.54, 1.807) is 12.4 Å². The molecule has 1 aromatic heterocycles. The number of aromatic amines is 1. The van der Waals surface area contributed by atoms with Crippen LogP contribution in [0.15, 0.2) is 12.4 Å². The lowest BCUT2D eigenvalue weighted by atomic mass is 10.5. The number of nitrogens with one attached hydrogen (secondary N) is 1. The van der Waals surface area contributed by atoms with Gasteiger partial charge in [-0.15, -0.1) is 0 Å². The average molecular weight is 170 g/mol. The first-order valence-corrected chi connectivity index (χ1v) is 3.80. The minimum Gasteiger partial charge on any atom is -0.488 e. The summed E-state index contributed by atoms with van der Waals surface area (Å²) in [5.74, 6) is 0.716. The van der Waals surface area contributed by atoms with Crippen molar-refractivity contribution in [2.24, 2.45) is 0 Å². The fourth-order valence-electron chi connectivity index (χ4n) is 0.666. The molecule has 0 unspecified atom stereocenters. The molecule has 0 aliphatic heterocycles. The summed E-state index contributed by atoms with van der Waals surface area (Å²) >= 11 is 4.76. The maximum absolute atomic E-state index is 5.33. The molecular weight excluding hydrogens is 160 g/mol. The summed E-state index contributed by atoms with van der Waals surface area (Å²) in [4.78, 5) is 6.65. The predicted octanol–water partition coefficient (Wildman–Crippen LogP) is 1.93. The second-order valence-corrected chi connectivity index (χ2v) is 2.81. The van der Waals surface area contributed by atoms with Crippen molar-refractivity contribution in [2.45, 2.75) is 20.0 Å². The van der Waals surface area contributed by atoms with Crippen molar-refractivity contribution in [1.82, 2.24) is 9.97 Å². The van der Waals surface area contributed by atoms with Crippen LogP contribution in [-0.2, 0) is 0 Å². The summed E-state index contributed by atoms with van der Waals surface area (Å²) in [5, 5.41) is 0. The van der Waals surface area contributed by atoms with Crippen LogP contribution in [0.1, 0.15) is 13.8 Å². The molecule has 1 aromatic rings. The van der Waals surface area contributed by atoms with E-state index in [2.05, 4.69) is 9.97 Å². The molecule has 0 fully saturated rings. The average Bonchev–Trinajstić information content (AvgIpc) is 1.93. The Morgan fingerprint density at radius 2 is 2.36 bits per heavy atom. The summed E-state index contributed by atoms with van der Waals surface area (Å²) in [6, 6.07) is 0. The zero-order valence-electron chi connectivity index (χ0n) is 6.50. The fraction of sp³-hybridized carbons (Fsp3) is 0.429. The van der Waals surface area contributed by atoms with Crippen LogP contribution in [-0.4, -0.2) is 16.1 Å². The van der Waals surface area contributed by atoms with Gasteiger partial charge in [-0.1, -0.05) is 0 Å². The van der Waals surface area contributed by atoms with Crippen molar-refractivity contribution in [2.75, 3.05) is 0 Å². The molecule has 0 bridgehead atoms. The molecule has 0 spiro atoms. The van der Waals surface area contributed by atoms with Crippen LogP contribution in [0.3, 0.4) is 0 Å². The van der Waals surface area contributed by atoms with Crippen LogP contribution in [0, 0.1) is 4.77 Å². The van der Waals surface area contributed by atoms with E-state index in [0.29, 0.717) is 10.5 Å². The van der Waals surface area contributed by atoms with Crippen LogP contribution >= 0.6 is 12.2 Å². The van der Waals surface area contributed by atoms with Gasteiger partial charge in [0.1, 0.15) is 0 Å². The third kappa shape index (κ3) is 2.67. The van der Waals surface area contributed by atoms with Gasteiger partial charge in [-0.05, 0) is 26.1 Å². The zero-order valence-corrected chi connectivity index (χ0v) is 7.31. The SMILES string of the molecule is CC(C)Oc1cnc(=S)[nH]c1. The Morgan fingerprint density at radius 1 is 1.64 bits per heavy atom. The fourth-order valence-corrected chi connectivity index (χ4v) is 0.778. The smallest absolute Gasteiger partial charge is 0.196 e. The van der Waals surface area contributed by atoms with Gasteiger partial charge >= 0.3 is 0 Å². The van der Waals surface area contributed by atoms with E-state index in [0.717, 1.165) is 0 Å². The Morgan fingerprint density at radius 3 is 2.82 bits per heavy atom. The van der Waals surface area contributed by atoms with Crippen LogP contribution in [0.4, 0.5) is 0 Å². The van der Waals surface area contributed by atoms with Crippen LogP contribution < -0.4 is 4.74 Å². The Labute approximate surface area is 70.4 Å². The lowest BCUT2D eigenvalue weighted by Crippen LogP contribution is -2.05. The van der Waals surface area contributed by atoms with Gasteiger partial charge in [0.2, 0.25) is 0 Å². The van der Waals surface area contributed by atoms with Crippen molar-refractivity contribution in [3.63, 3.8) is 0 Å². The van der Waals surface area contributed by atoms with Crippen molar-refractivity contribution in [3.8, 4) is 5.75 Å². The Bertz CT molecular complexity index is 262. The summed E-state index contributed by atoms with van der Waals surface area (Å²) in [7, 11) is 0. The first-order chi connectivity index (χ1) is 5.18. The molecule has 1 rings (SSSR count). The minimum absolute atomic E-state index is 0.168. The molecule has 0 radical (unpaired) electrons. The highest BCUT2D eigenvalue weighted by atomic mass is 32.1. The molecule has 0 saturated carbocycles. The number of ether oxygens (including phenoxy) is 1. The largest absolute Gasteiger partial charge is 0.488 e. The van der Waals surface area contributed by atoms with E-state index in [9.17, 15) is 0 Å². The molecule has 0 saturated heterocycles. The highest BCUT2D eigenvalue weighted by Gasteiger charge is 1.95. The quantitative estimate of drug-likeness (QED) is 0.689. The van der Waals surface area contributed by atoms with Crippen molar-refractivity contribution in [1.29, 1.82) is 0 Å². The molecule has 0 atom stereocenters. The minimum atomic E-state index is 0.168. The lowest BCUT2D eigenvalue weighted by molar-refractivity contribution is 0.240. The zero-order chi connectivity index (χ0) is 8.27. The monoisotopic (exact) mass is 170 g/mol.